The number of ether oxygens (including phenoxy) is 1. The van der Waals surface area contributed by atoms with Gasteiger partial charge < -0.3 is 4.74 Å². The third-order valence-corrected chi connectivity index (χ3v) is 3.42. The van der Waals surface area contributed by atoms with Crippen molar-refractivity contribution >= 4 is 21.5 Å². The molecule has 1 nitrogen and oxygen atoms in total. The van der Waals surface area contributed by atoms with Gasteiger partial charge in [-0.3, -0.25) is 0 Å². The van der Waals surface area contributed by atoms with Gasteiger partial charge in [0, 0.05) is 10.0 Å². The van der Waals surface area contributed by atoms with E-state index in [2.05, 4.69) is 35.0 Å². The van der Waals surface area contributed by atoms with Crippen LogP contribution in [0.1, 0.15) is 24.5 Å². The lowest BCUT2D eigenvalue weighted by Gasteiger charge is -2.19. The Morgan fingerprint density at radius 1 is 1.36 bits per heavy atom. The maximum Gasteiger partial charge on any atom is 0.126 e. The Kier molecular flexibility index (Phi) is 2.64. The summed E-state index contributed by atoms with van der Waals surface area (Å²) in [5.74, 6) is 0.983. The predicted molar refractivity (Wildman–Crippen MR) is 62.7 cm³/mol. The molecule has 2 heteroatoms. The second-order valence-electron chi connectivity index (χ2n) is 3.53. The summed E-state index contributed by atoms with van der Waals surface area (Å²) in [5.41, 5.74) is 3.97. The number of rotatable bonds is 1. The summed E-state index contributed by atoms with van der Waals surface area (Å²) in [7, 11) is 1.73. The van der Waals surface area contributed by atoms with Gasteiger partial charge in [0.1, 0.15) is 5.75 Å². The highest BCUT2D eigenvalue weighted by Crippen LogP contribution is 2.37. The third kappa shape index (κ3) is 1.48. The minimum atomic E-state index is 0.983. The van der Waals surface area contributed by atoms with Gasteiger partial charge >= 0.3 is 0 Å². The highest BCUT2D eigenvalue weighted by molar-refractivity contribution is 9.10. The SMILES string of the molecule is COc1ccc(Br)c2c1C(C)=CCC2. The van der Waals surface area contributed by atoms with Crippen LogP contribution in [0.25, 0.3) is 5.57 Å². The number of hydrogen-bond donors (Lipinski definition) is 0. The average Bonchev–Trinajstić information content (AvgIpc) is 2.20. The molecule has 0 bridgehead atoms. The molecule has 14 heavy (non-hydrogen) atoms. The fourth-order valence-corrected chi connectivity index (χ4v) is 2.51. The molecule has 0 radical (unpaired) electrons. The zero-order chi connectivity index (χ0) is 10.1. The Labute approximate surface area is 92.9 Å². The summed E-state index contributed by atoms with van der Waals surface area (Å²) >= 11 is 3.59. The van der Waals surface area contributed by atoms with E-state index in [-0.39, 0.29) is 0 Å². The van der Waals surface area contributed by atoms with Crippen molar-refractivity contribution in [1.29, 1.82) is 0 Å². The van der Waals surface area contributed by atoms with Crippen LogP contribution in [0, 0.1) is 0 Å². The van der Waals surface area contributed by atoms with E-state index in [1.165, 1.54) is 21.2 Å². The molecule has 1 aliphatic carbocycles. The van der Waals surface area contributed by atoms with Crippen LogP contribution in [-0.2, 0) is 6.42 Å². The molecule has 2 rings (SSSR count). The lowest BCUT2D eigenvalue weighted by atomic mass is 9.91. The van der Waals surface area contributed by atoms with Crippen molar-refractivity contribution < 1.29 is 4.74 Å². The fraction of sp³-hybridized carbons (Fsp3) is 0.333. The molecular formula is C12H13BrO. The second kappa shape index (κ2) is 3.77. The first-order chi connectivity index (χ1) is 6.74. The van der Waals surface area contributed by atoms with Crippen molar-refractivity contribution in [1.82, 2.24) is 0 Å². The van der Waals surface area contributed by atoms with Crippen molar-refractivity contribution in [2.75, 3.05) is 7.11 Å². The maximum atomic E-state index is 5.38. The average molecular weight is 253 g/mol. The molecule has 1 aliphatic rings. The van der Waals surface area contributed by atoms with Crippen molar-refractivity contribution in [3.8, 4) is 5.75 Å². The topological polar surface area (TPSA) is 9.23 Å². The van der Waals surface area contributed by atoms with Gasteiger partial charge in [0.15, 0.2) is 0 Å². The van der Waals surface area contributed by atoms with Crippen LogP contribution >= 0.6 is 15.9 Å². The highest BCUT2D eigenvalue weighted by atomic mass is 79.9. The van der Waals surface area contributed by atoms with E-state index in [0.29, 0.717) is 0 Å². The van der Waals surface area contributed by atoms with Crippen LogP contribution < -0.4 is 4.74 Å². The lowest BCUT2D eigenvalue weighted by molar-refractivity contribution is 0.412. The van der Waals surface area contributed by atoms with E-state index in [9.17, 15) is 0 Å². The zero-order valence-electron chi connectivity index (χ0n) is 8.43. The van der Waals surface area contributed by atoms with Crippen LogP contribution in [0.5, 0.6) is 5.75 Å². The molecule has 0 aromatic heterocycles. The van der Waals surface area contributed by atoms with Crippen LogP contribution in [-0.4, -0.2) is 7.11 Å². The summed E-state index contributed by atoms with van der Waals surface area (Å²) in [4.78, 5) is 0. The van der Waals surface area contributed by atoms with Gasteiger partial charge in [-0.15, -0.1) is 0 Å². The Bertz CT molecular complexity index is 394. The van der Waals surface area contributed by atoms with E-state index in [4.69, 9.17) is 4.74 Å². The van der Waals surface area contributed by atoms with Gasteiger partial charge in [-0.25, -0.2) is 0 Å². The van der Waals surface area contributed by atoms with E-state index < -0.39 is 0 Å². The van der Waals surface area contributed by atoms with Crippen LogP contribution in [0.15, 0.2) is 22.7 Å². The molecule has 1 aromatic carbocycles. The molecule has 0 N–H and O–H groups in total. The van der Waals surface area contributed by atoms with Crippen LogP contribution in [0.2, 0.25) is 0 Å². The molecule has 0 heterocycles. The monoisotopic (exact) mass is 252 g/mol. The first-order valence-corrected chi connectivity index (χ1v) is 5.56. The number of benzene rings is 1. The number of hydrogen-bond acceptors (Lipinski definition) is 1. The minimum Gasteiger partial charge on any atom is -0.496 e. The van der Waals surface area contributed by atoms with Gasteiger partial charge in [0.05, 0.1) is 7.11 Å². The lowest BCUT2D eigenvalue weighted by Crippen LogP contribution is -2.02. The quantitative estimate of drug-likeness (QED) is 0.739. The summed E-state index contributed by atoms with van der Waals surface area (Å²) < 4.78 is 6.57. The first-order valence-electron chi connectivity index (χ1n) is 4.76. The predicted octanol–water partition coefficient (Wildman–Crippen LogP) is 3.81. The third-order valence-electron chi connectivity index (χ3n) is 2.68. The summed E-state index contributed by atoms with van der Waals surface area (Å²) in [6.07, 6.45) is 4.51. The van der Waals surface area contributed by atoms with Gasteiger partial charge in [-0.1, -0.05) is 22.0 Å². The van der Waals surface area contributed by atoms with Gasteiger partial charge in [-0.2, -0.15) is 0 Å². The number of fused-ring (bicyclic) bond motifs is 1. The number of methoxy groups -OCH3 is 1. The van der Waals surface area contributed by atoms with E-state index in [1.54, 1.807) is 7.11 Å². The van der Waals surface area contributed by atoms with E-state index in [1.807, 2.05) is 6.07 Å². The smallest absolute Gasteiger partial charge is 0.126 e. The molecule has 0 unspecified atom stereocenters. The van der Waals surface area contributed by atoms with Crippen molar-refractivity contribution in [2.45, 2.75) is 19.8 Å². The first kappa shape index (κ1) is 9.78. The Balaban J connectivity index is 2.67. The molecule has 0 saturated carbocycles. The highest BCUT2D eigenvalue weighted by Gasteiger charge is 2.16. The minimum absolute atomic E-state index is 0.983. The second-order valence-corrected chi connectivity index (χ2v) is 4.38. The van der Waals surface area contributed by atoms with E-state index in [0.717, 1.165) is 18.6 Å². The largest absolute Gasteiger partial charge is 0.496 e. The normalized spacial score (nSPS) is 14.6. The Morgan fingerprint density at radius 2 is 2.14 bits per heavy atom. The standard InChI is InChI=1S/C12H13BrO/c1-8-4-3-5-9-10(13)6-7-11(14-2)12(8)9/h4,6-7H,3,5H2,1-2H3. The molecular weight excluding hydrogens is 240 g/mol. The molecule has 0 atom stereocenters. The molecule has 74 valence electrons. The zero-order valence-corrected chi connectivity index (χ0v) is 10.0. The number of halogens is 1. The van der Waals surface area contributed by atoms with Crippen molar-refractivity contribution in [3.63, 3.8) is 0 Å². The Morgan fingerprint density at radius 3 is 2.86 bits per heavy atom. The summed E-state index contributed by atoms with van der Waals surface area (Å²) in [5, 5.41) is 0. The van der Waals surface area contributed by atoms with E-state index >= 15 is 0 Å². The molecule has 0 saturated heterocycles. The van der Waals surface area contributed by atoms with Crippen LogP contribution in [0.3, 0.4) is 0 Å². The molecule has 0 amide bonds. The Hall–Kier alpha value is -0.760. The van der Waals surface area contributed by atoms with Gasteiger partial charge in [-0.05, 0) is 43.0 Å². The van der Waals surface area contributed by atoms with Gasteiger partial charge in [0.2, 0.25) is 0 Å². The fourth-order valence-electron chi connectivity index (χ4n) is 1.98. The molecule has 0 aliphatic heterocycles. The summed E-state index contributed by atoms with van der Waals surface area (Å²) in [6, 6.07) is 4.09. The maximum absolute atomic E-state index is 5.38. The molecule has 1 aromatic rings. The summed E-state index contributed by atoms with van der Waals surface area (Å²) in [6.45, 7) is 2.15. The van der Waals surface area contributed by atoms with Crippen molar-refractivity contribution in [3.05, 3.63) is 33.8 Å². The molecule has 0 fully saturated rings. The number of allylic oxidation sites excluding steroid dienone is 2. The van der Waals surface area contributed by atoms with Gasteiger partial charge in [0.25, 0.3) is 0 Å². The van der Waals surface area contributed by atoms with Crippen LogP contribution in [0.4, 0.5) is 0 Å². The molecule has 0 spiro atoms. The van der Waals surface area contributed by atoms with Crippen molar-refractivity contribution in [2.24, 2.45) is 0 Å².